The van der Waals surface area contributed by atoms with Crippen LogP contribution in [0.4, 0.5) is 27.9 Å². The van der Waals surface area contributed by atoms with E-state index in [-0.39, 0.29) is 37.3 Å². The summed E-state index contributed by atoms with van der Waals surface area (Å²) < 4.78 is 69.3. The normalized spacial score (nSPS) is 21.7. The molecule has 6 rings (SSSR count). The zero-order valence-electron chi connectivity index (χ0n) is 20.4. The van der Waals surface area contributed by atoms with E-state index in [4.69, 9.17) is 0 Å². The van der Waals surface area contributed by atoms with E-state index < -0.39 is 30.3 Å². The third kappa shape index (κ3) is 5.37. The van der Waals surface area contributed by atoms with Crippen LogP contribution < -0.4 is 10.6 Å². The van der Waals surface area contributed by atoms with Gasteiger partial charge in [-0.2, -0.15) is 10.1 Å². The standard InChI is InChI=1S/C25H24F5N7O2/c26-24(27)8-15(9-24)34-22(38)19-12-33-37-6-5-13(7-20(19)37)17-10-31-21-18(17)11-32-23(36-21)35-14-1-3-16(4-2-14)39-25(28,29)30/h5-7,10-12,14-16H,1-4,8-9H2,(H,34,38)(H2,31,32,35,36). The Morgan fingerprint density at radius 1 is 1.13 bits per heavy atom. The Bertz CT molecular complexity index is 1520. The average Bonchev–Trinajstić information content (AvgIpc) is 3.47. The Labute approximate surface area is 218 Å². The van der Waals surface area contributed by atoms with Crippen molar-refractivity contribution in [2.75, 3.05) is 5.32 Å². The second-order valence-corrected chi connectivity index (χ2v) is 10.1. The van der Waals surface area contributed by atoms with Crippen LogP contribution in [0.15, 0.2) is 36.9 Å². The minimum Gasteiger partial charge on any atom is -0.351 e. The fourth-order valence-electron chi connectivity index (χ4n) is 5.26. The van der Waals surface area contributed by atoms with Crippen LogP contribution in [0.3, 0.4) is 0 Å². The van der Waals surface area contributed by atoms with Gasteiger partial charge >= 0.3 is 6.36 Å². The van der Waals surface area contributed by atoms with Crippen molar-refractivity contribution in [2.45, 2.75) is 69.0 Å². The van der Waals surface area contributed by atoms with E-state index in [0.717, 1.165) is 16.5 Å². The minimum absolute atomic E-state index is 0.0648. The molecule has 4 heterocycles. The van der Waals surface area contributed by atoms with E-state index in [1.54, 1.807) is 24.7 Å². The SMILES string of the molecule is O=C(NC1CC(F)(F)C1)c1cnn2ccc(-c3c[nH]c4nc(NC5CCC(OC(F)(F)F)CC5)ncc34)cc12. The van der Waals surface area contributed by atoms with Gasteiger partial charge in [-0.25, -0.2) is 18.3 Å². The smallest absolute Gasteiger partial charge is 0.351 e. The Morgan fingerprint density at radius 3 is 2.62 bits per heavy atom. The molecule has 0 bridgehead atoms. The lowest BCUT2D eigenvalue weighted by Crippen LogP contribution is -2.50. The molecule has 1 amide bonds. The molecule has 0 spiro atoms. The maximum atomic E-state index is 13.2. The van der Waals surface area contributed by atoms with Gasteiger partial charge in [0.05, 0.1) is 23.4 Å². The number of aromatic amines is 1. The number of nitrogens with zero attached hydrogens (tertiary/aromatic N) is 4. The fraction of sp³-hybridized carbons (Fsp3) is 0.440. The van der Waals surface area contributed by atoms with Crippen LogP contribution in [0, 0.1) is 0 Å². The van der Waals surface area contributed by atoms with Gasteiger partial charge in [-0.1, -0.05) is 0 Å². The van der Waals surface area contributed by atoms with Crippen molar-refractivity contribution in [2.24, 2.45) is 0 Å². The van der Waals surface area contributed by atoms with Crippen LogP contribution in [0.5, 0.6) is 0 Å². The van der Waals surface area contributed by atoms with Crippen LogP contribution in [-0.4, -0.2) is 60.9 Å². The monoisotopic (exact) mass is 549 g/mol. The molecule has 2 aliphatic carbocycles. The van der Waals surface area contributed by atoms with Gasteiger partial charge < -0.3 is 15.6 Å². The number of pyridine rings is 1. The lowest BCUT2D eigenvalue weighted by atomic mass is 9.88. The number of rotatable bonds is 6. The number of amides is 1. The van der Waals surface area contributed by atoms with Crippen LogP contribution in [0.1, 0.15) is 48.9 Å². The molecule has 0 unspecified atom stereocenters. The van der Waals surface area contributed by atoms with Gasteiger partial charge in [0, 0.05) is 54.5 Å². The number of carbonyl (C=O) groups is 1. The van der Waals surface area contributed by atoms with Crippen molar-refractivity contribution in [1.82, 2.24) is 29.9 Å². The van der Waals surface area contributed by atoms with Gasteiger partial charge in [0.1, 0.15) is 5.65 Å². The molecule has 2 aliphatic rings. The second-order valence-electron chi connectivity index (χ2n) is 10.1. The maximum absolute atomic E-state index is 13.2. The Balaban J connectivity index is 1.16. The number of fused-ring (bicyclic) bond motifs is 2. The van der Waals surface area contributed by atoms with Crippen molar-refractivity contribution in [3.05, 3.63) is 42.5 Å². The number of carbonyl (C=O) groups excluding carboxylic acids is 1. The number of ether oxygens (including phenoxy) is 1. The first kappa shape index (κ1) is 25.5. The maximum Gasteiger partial charge on any atom is 0.522 e. The first-order valence-electron chi connectivity index (χ1n) is 12.5. The van der Waals surface area contributed by atoms with Crippen LogP contribution >= 0.6 is 0 Å². The third-order valence-electron chi connectivity index (χ3n) is 7.24. The molecule has 0 atom stereocenters. The molecule has 4 aromatic rings. The Morgan fingerprint density at radius 2 is 1.90 bits per heavy atom. The lowest BCUT2D eigenvalue weighted by Gasteiger charge is -2.35. The van der Waals surface area contributed by atoms with E-state index in [0.29, 0.717) is 30.0 Å². The summed E-state index contributed by atoms with van der Waals surface area (Å²) in [6.07, 6.45) is 1.90. The molecular weight excluding hydrogens is 525 g/mol. The Hall–Kier alpha value is -3.81. The number of anilines is 1. The highest BCUT2D eigenvalue weighted by Gasteiger charge is 2.46. The van der Waals surface area contributed by atoms with Crippen LogP contribution in [0.2, 0.25) is 0 Å². The van der Waals surface area contributed by atoms with E-state index in [2.05, 4.69) is 35.4 Å². The number of H-pyrrole nitrogens is 1. The summed E-state index contributed by atoms with van der Waals surface area (Å²) in [5.41, 5.74) is 2.93. The highest BCUT2D eigenvalue weighted by atomic mass is 19.4. The number of halogens is 5. The zero-order valence-corrected chi connectivity index (χ0v) is 20.4. The van der Waals surface area contributed by atoms with Crippen molar-refractivity contribution in [3.63, 3.8) is 0 Å². The van der Waals surface area contributed by atoms with Gasteiger partial charge in [0.15, 0.2) is 0 Å². The number of hydrogen-bond acceptors (Lipinski definition) is 6. The third-order valence-corrected chi connectivity index (χ3v) is 7.24. The summed E-state index contributed by atoms with van der Waals surface area (Å²) in [6, 6.07) is 2.98. The fourth-order valence-corrected chi connectivity index (χ4v) is 5.26. The highest BCUT2D eigenvalue weighted by Crippen LogP contribution is 2.37. The summed E-state index contributed by atoms with van der Waals surface area (Å²) >= 11 is 0. The second kappa shape index (κ2) is 9.43. The number of aromatic nitrogens is 5. The van der Waals surface area contributed by atoms with Gasteiger partial charge in [-0.15, -0.1) is 13.2 Å². The molecule has 4 aromatic heterocycles. The molecule has 2 saturated carbocycles. The van der Waals surface area contributed by atoms with E-state index in [1.165, 1.54) is 10.7 Å². The molecule has 39 heavy (non-hydrogen) atoms. The molecule has 14 heteroatoms. The predicted octanol–water partition coefficient (Wildman–Crippen LogP) is 5.06. The van der Waals surface area contributed by atoms with Crippen molar-refractivity contribution in [1.29, 1.82) is 0 Å². The van der Waals surface area contributed by atoms with Crippen molar-refractivity contribution >= 4 is 28.4 Å². The summed E-state index contributed by atoms with van der Waals surface area (Å²) in [7, 11) is 0. The molecule has 0 aliphatic heterocycles. The van der Waals surface area contributed by atoms with Crippen LogP contribution in [0.25, 0.3) is 27.7 Å². The molecule has 3 N–H and O–H groups in total. The topological polar surface area (TPSA) is 109 Å². The molecule has 206 valence electrons. The van der Waals surface area contributed by atoms with E-state index >= 15 is 0 Å². The quantitative estimate of drug-likeness (QED) is 0.290. The zero-order chi connectivity index (χ0) is 27.4. The molecule has 0 saturated heterocycles. The van der Waals surface area contributed by atoms with Gasteiger partial charge in [0.2, 0.25) is 5.95 Å². The molecule has 9 nitrogen and oxygen atoms in total. The van der Waals surface area contributed by atoms with E-state index in [1.807, 2.05) is 6.07 Å². The summed E-state index contributed by atoms with van der Waals surface area (Å²) in [5, 5.41) is 10.8. The van der Waals surface area contributed by atoms with Crippen molar-refractivity contribution < 1.29 is 31.5 Å². The largest absolute Gasteiger partial charge is 0.522 e. The molecule has 0 aromatic carbocycles. The lowest BCUT2D eigenvalue weighted by molar-refractivity contribution is -0.345. The van der Waals surface area contributed by atoms with Crippen LogP contribution in [-0.2, 0) is 4.74 Å². The average molecular weight is 550 g/mol. The molecular formula is C25H24F5N7O2. The van der Waals surface area contributed by atoms with E-state index in [9.17, 15) is 26.7 Å². The summed E-state index contributed by atoms with van der Waals surface area (Å²) in [6.45, 7) is 0. The van der Waals surface area contributed by atoms with Gasteiger partial charge in [-0.05, 0) is 43.4 Å². The predicted molar refractivity (Wildman–Crippen MR) is 130 cm³/mol. The molecule has 0 radical (unpaired) electrons. The van der Waals surface area contributed by atoms with Crippen molar-refractivity contribution in [3.8, 4) is 11.1 Å². The summed E-state index contributed by atoms with van der Waals surface area (Å²) in [5.74, 6) is -2.83. The van der Waals surface area contributed by atoms with Gasteiger partial charge in [0.25, 0.3) is 11.8 Å². The van der Waals surface area contributed by atoms with Gasteiger partial charge in [-0.3, -0.25) is 9.53 Å². The minimum atomic E-state index is -4.63. The first-order valence-corrected chi connectivity index (χ1v) is 12.5. The number of alkyl halides is 5. The summed E-state index contributed by atoms with van der Waals surface area (Å²) in [4.78, 5) is 24.8. The molecule has 2 fully saturated rings. The Kier molecular flexibility index (Phi) is 6.16. The number of nitrogens with one attached hydrogen (secondary N) is 3. The number of hydrogen-bond donors (Lipinski definition) is 3. The first-order chi connectivity index (χ1) is 18.5. The highest BCUT2D eigenvalue weighted by molar-refractivity contribution is 6.02.